The van der Waals surface area contributed by atoms with Gasteiger partial charge in [-0.1, -0.05) is 30.3 Å². The topological polar surface area (TPSA) is 24.4 Å². The van der Waals surface area contributed by atoms with Crippen LogP contribution in [0.2, 0.25) is 4.34 Å². The van der Waals surface area contributed by atoms with Gasteiger partial charge in [-0.15, -0.1) is 11.3 Å². The molecule has 94 valence electrons. The van der Waals surface area contributed by atoms with Crippen molar-refractivity contribution in [1.82, 2.24) is 5.32 Å². The Kier molecular flexibility index (Phi) is 5.19. The number of nitrogens with zero attached hydrogens (tertiary/aromatic N) is 1. The average Bonchev–Trinajstić information content (AvgIpc) is 2.75. The van der Waals surface area contributed by atoms with Gasteiger partial charge in [0.2, 0.25) is 0 Å². The minimum Gasteiger partial charge on any atom is -0.362 e. The van der Waals surface area contributed by atoms with Gasteiger partial charge in [0.15, 0.2) is 5.17 Å². The molecule has 1 unspecified atom stereocenters. The molecule has 1 aliphatic heterocycles. The number of thioether (sulfide) groups is 1. The lowest BCUT2D eigenvalue weighted by molar-refractivity contribution is 0.571. The van der Waals surface area contributed by atoms with Gasteiger partial charge in [0.25, 0.3) is 0 Å². The van der Waals surface area contributed by atoms with Crippen LogP contribution in [0.3, 0.4) is 0 Å². The minimum absolute atomic E-state index is 0.617. The summed E-state index contributed by atoms with van der Waals surface area (Å²) in [5.41, 5.74) is 0. The summed E-state index contributed by atoms with van der Waals surface area (Å²) in [5.74, 6) is 1.19. The Morgan fingerprint density at radius 2 is 2.41 bits per heavy atom. The molecular weight excluding hydrogens is 272 g/mol. The van der Waals surface area contributed by atoms with Gasteiger partial charge in [-0.25, -0.2) is 0 Å². The van der Waals surface area contributed by atoms with Crippen molar-refractivity contribution in [1.29, 1.82) is 0 Å². The lowest BCUT2D eigenvalue weighted by Crippen LogP contribution is -2.37. The zero-order chi connectivity index (χ0) is 12.1. The van der Waals surface area contributed by atoms with Crippen LogP contribution in [0.4, 0.5) is 0 Å². The van der Waals surface area contributed by atoms with Gasteiger partial charge in [-0.05, 0) is 25.0 Å². The molecule has 0 aliphatic carbocycles. The SMILES string of the molecule is CCC1CCSC(=NCCc2ccc(Cl)s2)N1. The first-order valence-corrected chi connectivity index (χ1v) is 8.14. The second-order valence-electron chi connectivity index (χ2n) is 4.03. The Balaban J connectivity index is 1.80. The third-order valence-corrected chi connectivity index (χ3v) is 5.02. The van der Waals surface area contributed by atoms with Crippen LogP contribution in [0.15, 0.2) is 17.1 Å². The molecule has 0 spiro atoms. The van der Waals surface area contributed by atoms with Crippen LogP contribution in [0.1, 0.15) is 24.6 Å². The average molecular weight is 289 g/mol. The van der Waals surface area contributed by atoms with E-state index in [-0.39, 0.29) is 0 Å². The Labute approximate surface area is 116 Å². The van der Waals surface area contributed by atoms with Gasteiger partial charge < -0.3 is 5.32 Å². The van der Waals surface area contributed by atoms with E-state index < -0.39 is 0 Å². The number of halogens is 1. The van der Waals surface area contributed by atoms with Crippen molar-refractivity contribution >= 4 is 39.9 Å². The first-order valence-electron chi connectivity index (χ1n) is 5.96. The lowest BCUT2D eigenvalue weighted by atomic mass is 10.2. The molecule has 0 saturated carbocycles. The normalized spacial score (nSPS) is 22.7. The van der Waals surface area contributed by atoms with Crippen LogP contribution >= 0.6 is 34.7 Å². The number of hydrogen-bond acceptors (Lipinski definition) is 3. The molecule has 5 heteroatoms. The molecule has 1 saturated heterocycles. The fraction of sp³-hybridized carbons (Fsp3) is 0.583. The Bertz CT molecular complexity index is 390. The van der Waals surface area contributed by atoms with E-state index in [0.29, 0.717) is 6.04 Å². The predicted molar refractivity (Wildman–Crippen MR) is 79.6 cm³/mol. The van der Waals surface area contributed by atoms with E-state index in [4.69, 9.17) is 11.6 Å². The van der Waals surface area contributed by atoms with Crippen LogP contribution < -0.4 is 5.32 Å². The second-order valence-corrected chi connectivity index (χ2v) is 6.91. The van der Waals surface area contributed by atoms with E-state index in [1.165, 1.54) is 23.5 Å². The highest BCUT2D eigenvalue weighted by molar-refractivity contribution is 8.13. The molecule has 17 heavy (non-hydrogen) atoms. The molecule has 0 amide bonds. The van der Waals surface area contributed by atoms with Crippen LogP contribution in [-0.2, 0) is 6.42 Å². The highest BCUT2D eigenvalue weighted by atomic mass is 35.5. The maximum Gasteiger partial charge on any atom is 0.156 e. The molecule has 2 nitrogen and oxygen atoms in total. The molecule has 2 heterocycles. The van der Waals surface area contributed by atoms with Crippen molar-refractivity contribution < 1.29 is 0 Å². The fourth-order valence-electron chi connectivity index (χ4n) is 1.74. The summed E-state index contributed by atoms with van der Waals surface area (Å²) < 4.78 is 0.865. The first kappa shape index (κ1) is 13.2. The molecule has 0 bridgehead atoms. The lowest BCUT2D eigenvalue weighted by Gasteiger charge is -2.24. The van der Waals surface area contributed by atoms with Crippen molar-refractivity contribution in [3.63, 3.8) is 0 Å². The van der Waals surface area contributed by atoms with Crippen LogP contribution in [-0.4, -0.2) is 23.5 Å². The predicted octanol–water partition coefficient (Wildman–Crippen LogP) is 3.81. The number of nitrogens with one attached hydrogen (secondary N) is 1. The Hall–Kier alpha value is -0.190. The summed E-state index contributed by atoms with van der Waals surface area (Å²) in [7, 11) is 0. The summed E-state index contributed by atoms with van der Waals surface area (Å²) in [4.78, 5) is 5.93. The maximum atomic E-state index is 5.89. The number of aliphatic imine (C=N–C) groups is 1. The van der Waals surface area contributed by atoms with Gasteiger partial charge in [0.1, 0.15) is 0 Å². The molecule has 0 aromatic carbocycles. The molecule has 1 aromatic rings. The Morgan fingerprint density at radius 1 is 1.53 bits per heavy atom. The molecule has 1 atom stereocenters. The van der Waals surface area contributed by atoms with Crippen LogP contribution in [0.5, 0.6) is 0 Å². The summed E-state index contributed by atoms with van der Waals surface area (Å²) in [6.07, 6.45) is 3.42. The summed E-state index contributed by atoms with van der Waals surface area (Å²) in [6, 6.07) is 4.66. The minimum atomic E-state index is 0.617. The number of amidine groups is 1. The van der Waals surface area contributed by atoms with Crippen molar-refractivity contribution in [2.75, 3.05) is 12.3 Å². The molecule has 2 rings (SSSR count). The number of hydrogen-bond donors (Lipinski definition) is 1. The highest BCUT2D eigenvalue weighted by Crippen LogP contribution is 2.22. The zero-order valence-electron chi connectivity index (χ0n) is 9.91. The molecule has 0 radical (unpaired) electrons. The third-order valence-electron chi connectivity index (χ3n) is 2.77. The van der Waals surface area contributed by atoms with Crippen LogP contribution in [0, 0.1) is 0 Å². The van der Waals surface area contributed by atoms with Crippen molar-refractivity contribution in [2.45, 2.75) is 32.2 Å². The van der Waals surface area contributed by atoms with E-state index in [9.17, 15) is 0 Å². The van der Waals surface area contributed by atoms with E-state index in [1.807, 2.05) is 17.8 Å². The summed E-state index contributed by atoms with van der Waals surface area (Å²) >= 11 is 9.38. The van der Waals surface area contributed by atoms with Gasteiger partial charge in [0, 0.05) is 29.6 Å². The second kappa shape index (κ2) is 6.66. The molecular formula is C12H17ClN2S2. The number of rotatable bonds is 4. The van der Waals surface area contributed by atoms with E-state index in [2.05, 4.69) is 23.3 Å². The first-order chi connectivity index (χ1) is 8.28. The van der Waals surface area contributed by atoms with Crippen LogP contribution in [0.25, 0.3) is 0 Å². The Morgan fingerprint density at radius 3 is 3.12 bits per heavy atom. The quantitative estimate of drug-likeness (QED) is 0.911. The maximum absolute atomic E-state index is 5.89. The molecule has 1 aromatic heterocycles. The van der Waals surface area contributed by atoms with Gasteiger partial charge in [-0.2, -0.15) is 0 Å². The van der Waals surface area contributed by atoms with Crippen molar-refractivity contribution in [3.8, 4) is 0 Å². The standard InChI is InChI=1S/C12H17ClN2S2/c1-2-9-6-8-16-12(15-9)14-7-5-10-3-4-11(13)17-10/h3-4,9H,2,5-8H2,1H3,(H,14,15). The molecule has 1 aliphatic rings. The smallest absolute Gasteiger partial charge is 0.156 e. The summed E-state index contributed by atoms with van der Waals surface area (Å²) in [5, 5.41) is 4.60. The monoisotopic (exact) mass is 288 g/mol. The largest absolute Gasteiger partial charge is 0.362 e. The highest BCUT2D eigenvalue weighted by Gasteiger charge is 2.14. The van der Waals surface area contributed by atoms with Gasteiger partial charge in [0.05, 0.1) is 4.34 Å². The van der Waals surface area contributed by atoms with E-state index >= 15 is 0 Å². The zero-order valence-corrected chi connectivity index (χ0v) is 12.3. The van der Waals surface area contributed by atoms with E-state index in [1.54, 1.807) is 11.3 Å². The fourth-order valence-corrected chi connectivity index (χ4v) is 3.84. The van der Waals surface area contributed by atoms with Gasteiger partial charge in [-0.3, -0.25) is 4.99 Å². The summed E-state index contributed by atoms with van der Waals surface area (Å²) in [6.45, 7) is 3.07. The molecule has 1 fully saturated rings. The number of thiophene rings is 1. The van der Waals surface area contributed by atoms with Gasteiger partial charge >= 0.3 is 0 Å². The van der Waals surface area contributed by atoms with Crippen molar-refractivity contribution in [3.05, 3.63) is 21.3 Å². The van der Waals surface area contributed by atoms with Crippen molar-refractivity contribution in [2.24, 2.45) is 4.99 Å². The molecule has 1 N–H and O–H groups in total. The van der Waals surface area contributed by atoms with E-state index in [0.717, 1.165) is 22.5 Å². The third kappa shape index (κ3) is 4.19.